The molecular formula is C27H29N3O4S. The number of sulfone groups is 1. The lowest BCUT2D eigenvalue weighted by molar-refractivity contribution is 0.0951. The molecule has 0 bridgehead atoms. The Kier molecular flexibility index (Phi) is 6.42. The number of amides is 1. The predicted octanol–water partition coefficient (Wildman–Crippen LogP) is 4.20. The van der Waals surface area contributed by atoms with Crippen LogP contribution >= 0.6 is 0 Å². The van der Waals surface area contributed by atoms with E-state index in [1.807, 2.05) is 58.0 Å². The number of hydrogen-bond acceptors (Lipinski definition) is 4. The summed E-state index contributed by atoms with van der Waals surface area (Å²) in [6, 6.07) is 16.3. The van der Waals surface area contributed by atoms with E-state index < -0.39 is 9.84 Å². The highest BCUT2D eigenvalue weighted by atomic mass is 32.2. The molecule has 4 rings (SSSR count). The summed E-state index contributed by atoms with van der Waals surface area (Å²) in [5, 5.41) is 3.74. The summed E-state index contributed by atoms with van der Waals surface area (Å²) in [5.41, 5.74) is 5.11. The van der Waals surface area contributed by atoms with Crippen molar-refractivity contribution >= 4 is 26.6 Å². The smallest absolute Gasteiger partial charge is 0.254 e. The molecule has 0 radical (unpaired) electrons. The van der Waals surface area contributed by atoms with Gasteiger partial charge in [-0.25, -0.2) is 8.42 Å². The normalized spacial score (nSPS) is 12.6. The largest absolute Gasteiger partial charge is 0.348 e. The van der Waals surface area contributed by atoms with Crippen molar-refractivity contribution in [2.24, 2.45) is 0 Å². The molecular weight excluding hydrogens is 462 g/mol. The third kappa shape index (κ3) is 4.66. The van der Waals surface area contributed by atoms with Gasteiger partial charge in [-0.1, -0.05) is 30.3 Å². The monoisotopic (exact) mass is 491 g/mol. The highest BCUT2D eigenvalue weighted by molar-refractivity contribution is 7.90. The van der Waals surface area contributed by atoms with E-state index in [0.29, 0.717) is 11.1 Å². The predicted molar refractivity (Wildman–Crippen MR) is 138 cm³/mol. The Hall–Kier alpha value is -3.65. The Morgan fingerprint density at radius 1 is 1.06 bits per heavy atom. The minimum Gasteiger partial charge on any atom is -0.348 e. The average Bonchev–Trinajstić information content (AvgIpc) is 3.09. The molecule has 0 saturated carbocycles. The third-order valence-corrected chi connectivity index (χ3v) is 7.61. The first-order valence-corrected chi connectivity index (χ1v) is 13.2. The van der Waals surface area contributed by atoms with Crippen LogP contribution in [0.2, 0.25) is 0 Å². The van der Waals surface area contributed by atoms with Gasteiger partial charge in [0.25, 0.3) is 11.5 Å². The minimum absolute atomic E-state index is 0.127. The van der Waals surface area contributed by atoms with Crippen LogP contribution in [0, 0.1) is 20.8 Å². The van der Waals surface area contributed by atoms with Crippen molar-refractivity contribution in [1.29, 1.82) is 0 Å². The number of carbonyl (C=O) groups excluding carboxylic acids is 1. The molecule has 1 atom stereocenters. The SMILES string of the molecule is Cc1cc(C)c(CNC(=O)c2c(C)n(C(C)c3ccc(S(C)(=O)=O)cc3)c3ccccc23)c(=O)[nH]1. The summed E-state index contributed by atoms with van der Waals surface area (Å²) in [4.78, 5) is 28.8. The number of aryl methyl sites for hydroxylation is 2. The van der Waals surface area contributed by atoms with Gasteiger partial charge in [0.05, 0.1) is 16.5 Å². The second-order valence-corrected chi connectivity index (χ2v) is 11.0. The molecule has 0 aliphatic rings. The number of benzene rings is 2. The summed E-state index contributed by atoms with van der Waals surface area (Å²) in [6.07, 6.45) is 1.19. The highest BCUT2D eigenvalue weighted by Crippen LogP contribution is 2.32. The molecule has 2 heterocycles. The topological polar surface area (TPSA) is 101 Å². The lowest BCUT2D eigenvalue weighted by Crippen LogP contribution is -2.28. The summed E-state index contributed by atoms with van der Waals surface area (Å²) in [6.45, 7) is 7.73. The van der Waals surface area contributed by atoms with E-state index in [0.717, 1.165) is 33.4 Å². The number of nitrogens with one attached hydrogen (secondary N) is 2. The van der Waals surface area contributed by atoms with Gasteiger partial charge in [-0.3, -0.25) is 9.59 Å². The van der Waals surface area contributed by atoms with Crippen LogP contribution in [0.5, 0.6) is 0 Å². The molecule has 0 aliphatic heterocycles. The van der Waals surface area contributed by atoms with Gasteiger partial charge in [-0.05, 0) is 63.1 Å². The number of H-pyrrole nitrogens is 1. The zero-order valence-electron chi connectivity index (χ0n) is 20.5. The van der Waals surface area contributed by atoms with Gasteiger partial charge in [0.2, 0.25) is 0 Å². The zero-order chi connectivity index (χ0) is 25.5. The maximum Gasteiger partial charge on any atom is 0.254 e. The van der Waals surface area contributed by atoms with Crippen molar-refractivity contribution in [3.05, 3.63) is 98.6 Å². The summed E-state index contributed by atoms with van der Waals surface area (Å²) >= 11 is 0. The number of carbonyl (C=O) groups is 1. The first-order chi connectivity index (χ1) is 16.5. The maximum atomic E-state index is 13.4. The van der Waals surface area contributed by atoms with E-state index >= 15 is 0 Å². The van der Waals surface area contributed by atoms with E-state index in [1.165, 1.54) is 6.26 Å². The number of pyridine rings is 1. The van der Waals surface area contributed by atoms with Crippen LogP contribution in [-0.2, 0) is 16.4 Å². The summed E-state index contributed by atoms with van der Waals surface area (Å²) in [5.74, 6) is -0.253. The van der Waals surface area contributed by atoms with Crippen molar-refractivity contribution in [3.8, 4) is 0 Å². The molecule has 0 fully saturated rings. The number of aromatic nitrogens is 2. The van der Waals surface area contributed by atoms with Crippen LogP contribution in [-0.4, -0.2) is 30.1 Å². The number of hydrogen-bond donors (Lipinski definition) is 2. The fraction of sp³-hybridized carbons (Fsp3) is 0.259. The summed E-state index contributed by atoms with van der Waals surface area (Å²) in [7, 11) is -3.28. The Labute approximate surface area is 204 Å². The number of nitrogens with zero attached hydrogens (tertiary/aromatic N) is 1. The zero-order valence-corrected chi connectivity index (χ0v) is 21.3. The number of aromatic amines is 1. The van der Waals surface area contributed by atoms with Crippen molar-refractivity contribution in [1.82, 2.24) is 14.9 Å². The Morgan fingerprint density at radius 3 is 2.34 bits per heavy atom. The molecule has 2 N–H and O–H groups in total. The van der Waals surface area contributed by atoms with Crippen LogP contribution in [0.25, 0.3) is 10.9 Å². The molecule has 1 unspecified atom stereocenters. The molecule has 35 heavy (non-hydrogen) atoms. The summed E-state index contributed by atoms with van der Waals surface area (Å²) < 4.78 is 25.8. The fourth-order valence-corrected chi connectivity index (χ4v) is 5.31. The lowest BCUT2D eigenvalue weighted by Gasteiger charge is -2.19. The van der Waals surface area contributed by atoms with Crippen molar-refractivity contribution in [2.45, 2.75) is 45.2 Å². The third-order valence-electron chi connectivity index (χ3n) is 6.48. The van der Waals surface area contributed by atoms with Gasteiger partial charge >= 0.3 is 0 Å². The van der Waals surface area contributed by atoms with Gasteiger partial charge in [-0.2, -0.15) is 0 Å². The quantitative estimate of drug-likeness (QED) is 0.422. The van der Waals surface area contributed by atoms with Crippen LogP contribution in [0.4, 0.5) is 0 Å². The van der Waals surface area contributed by atoms with Gasteiger partial charge in [0.15, 0.2) is 9.84 Å². The van der Waals surface area contributed by atoms with Gasteiger partial charge < -0.3 is 14.9 Å². The minimum atomic E-state index is -3.28. The van der Waals surface area contributed by atoms with Crippen LogP contribution in [0.3, 0.4) is 0 Å². The van der Waals surface area contributed by atoms with Crippen molar-refractivity contribution in [2.75, 3.05) is 6.26 Å². The molecule has 2 aromatic heterocycles. The molecule has 7 nitrogen and oxygen atoms in total. The Balaban J connectivity index is 1.71. The van der Waals surface area contributed by atoms with Gasteiger partial charge in [0, 0.05) is 40.7 Å². The first-order valence-electron chi connectivity index (χ1n) is 11.4. The molecule has 0 saturated heterocycles. The number of para-hydroxylation sites is 1. The number of fused-ring (bicyclic) bond motifs is 1. The van der Waals surface area contributed by atoms with Crippen LogP contribution in [0.1, 0.15) is 51.4 Å². The molecule has 0 spiro atoms. The fourth-order valence-electron chi connectivity index (χ4n) is 4.68. The van der Waals surface area contributed by atoms with Crippen LogP contribution < -0.4 is 10.9 Å². The maximum absolute atomic E-state index is 13.4. The molecule has 8 heteroatoms. The molecule has 0 aliphatic carbocycles. The molecule has 2 aromatic carbocycles. The van der Waals surface area contributed by atoms with Crippen molar-refractivity contribution < 1.29 is 13.2 Å². The van der Waals surface area contributed by atoms with Gasteiger partial charge in [0.1, 0.15) is 0 Å². The van der Waals surface area contributed by atoms with E-state index in [9.17, 15) is 18.0 Å². The average molecular weight is 492 g/mol. The first kappa shape index (κ1) is 24.5. The standard InChI is InChI=1S/C27H29N3O4S/c1-16-14-17(2)29-26(31)23(16)15-28-27(32)25-19(4)30(24-9-7-6-8-22(24)25)18(3)20-10-12-21(13-11-20)35(5,33)34/h6-14,18H,15H2,1-5H3,(H,28,32)(H,29,31). The van der Waals surface area contributed by atoms with Crippen molar-refractivity contribution in [3.63, 3.8) is 0 Å². The number of rotatable bonds is 6. The van der Waals surface area contributed by atoms with E-state index in [2.05, 4.69) is 14.9 Å². The molecule has 182 valence electrons. The van der Waals surface area contributed by atoms with Gasteiger partial charge in [-0.15, -0.1) is 0 Å². The van der Waals surface area contributed by atoms with E-state index in [-0.39, 0.29) is 28.9 Å². The lowest BCUT2D eigenvalue weighted by atomic mass is 10.1. The molecule has 4 aromatic rings. The van der Waals surface area contributed by atoms with E-state index in [4.69, 9.17) is 0 Å². The Bertz CT molecular complexity index is 1600. The van der Waals surface area contributed by atoms with Crippen LogP contribution in [0.15, 0.2) is 64.3 Å². The highest BCUT2D eigenvalue weighted by Gasteiger charge is 2.23. The second-order valence-electron chi connectivity index (χ2n) is 8.99. The molecule has 1 amide bonds. The Morgan fingerprint density at radius 2 is 1.71 bits per heavy atom. The van der Waals surface area contributed by atoms with E-state index in [1.54, 1.807) is 24.3 Å². The second kappa shape index (κ2) is 9.19.